The Bertz CT molecular complexity index is 533. The Kier molecular flexibility index (Phi) is 5.80. The van der Waals surface area contributed by atoms with E-state index in [9.17, 15) is 9.59 Å². The Hall–Kier alpha value is -1.59. The average Bonchev–Trinajstić information content (AvgIpc) is 2.89. The maximum absolute atomic E-state index is 12.4. The molecule has 1 fully saturated rings. The van der Waals surface area contributed by atoms with E-state index in [1.54, 1.807) is 29.2 Å². The van der Waals surface area contributed by atoms with Crippen LogP contribution in [0.5, 0.6) is 0 Å². The van der Waals surface area contributed by atoms with Gasteiger partial charge in [0.15, 0.2) is 0 Å². The van der Waals surface area contributed by atoms with Gasteiger partial charge < -0.3 is 15.3 Å². The second kappa shape index (κ2) is 7.61. The van der Waals surface area contributed by atoms with Crippen molar-refractivity contribution in [3.8, 4) is 0 Å². The first-order chi connectivity index (χ1) is 10.6. The zero-order chi connectivity index (χ0) is 16.1. The lowest BCUT2D eigenvalue weighted by molar-refractivity contribution is -0.132. The monoisotopic (exact) mass is 324 g/mol. The minimum atomic E-state index is -0.650. The third kappa shape index (κ3) is 3.78. The number of carbonyl (C=O) groups is 2. The summed E-state index contributed by atoms with van der Waals surface area (Å²) >= 11 is 5.85. The van der Waals surface area contributed by atoms with Crippen molar-refractivity contribution in [2.45, 2.75) is 32.2 Å². The van der Waals surface area contributed by atoms with Crippen LogP contribution in [0.4, 0.5) is 5.69 Å². The number of aliphatic hydroxyl groups is 1. The van der Waals surface area contributed by atoms with Crippen LogP contribution >= 0.6 is 11.6 Å². The van der Waals surface area contributed by atoms with Gasteiger partial charge >= 0.3 is 0 Å². The molecule has 5 nitrogen and oxygen atoms in total. The number of amides is 2. The summed E-state index contributed by atoms with van der Waals surface area (Å²) in [7, 11) is 0. The van der Waals surface area contributed by atoms with E-state index in [-0.39, 0.29) is 24.5 Å². The summed E-state index contributed by atoms with van der Waals surface area (Å²) in [6.45, 7) is 2.49. The standard InChI is InChI=1S/C16H21ClN2O3/c1-2-12(8-10-20)18-15(21)14-7-9-19(16(14)22)13-5-3-11(17)4-6-13/h3-6,12,14,20H,2,7-10H2,1H3,(H,18,21). The van der Waals surface area contributed by atoms with Gasteiger partial charge in [-0.05, 0) is 43.5 Å². The highest BCUT2D eigenvalue weighted by molar-refractivity contribution is 6.30. The molecule has 120 valence electrons. The first-order valence-electron chi connectivity index (χ1n) is 7.55. The fourth-order valence-corrected chi connectivity index (χ4v) is 2.76. The van der Waals surface area contributed by atoms with Gasteiger partial charge in [0.1, 0.15) is 5.92 Å². The van der Waals surface area contributed by atoms with Crippen LogP contribution in [0.2, 0.25) is 5.02 Å². The molecule has 0 aliphatic carbocycles. The lowest BCUT2D eigenvalue weighted by Crippen LogP contribution is -2.42. The highest BCUT2D eigenvalue weighted by Gasteiger charge is 2.37. The molecule has 0 radical (unpaired) electrons. The molecule has 2 atom stereocenters. The fraction of sp³-hybridized carbons (Fsp3) is 0.500. The summed E-state index contributed by atoms with van der Waals surface area (Å²) in [4.78, 5) is 26.3. The number of rotatable bonds is 6. The lowest BCUT2D eigenvalue weighted by Gasteiger charge is -2.19. The van der Waals surface area contributed by atoms with Crippen LogP contribution in [0.15, 0.2) is 24.3 Å². The summed E-state index contributed by atoms with van der Waals surface area (Å²) in [6, 6.07) is 6.93. The molecule has 0 spiro atoms. The minimum Gasteiger partial charge on any atom is -0.396 e. The van der Waals surface area contributed by atoms with E-state index in [0.717, 1.165) is 12.1 Å². The first kappa shape index (κ1) is 16.8. The number of nitrogens with zero attached hydrogens (tertiary/aromatic N) is 1. The van der Waals surface area contributed by atoms with Gasteiger partial charge in [0.25, 0.3) is 0 Å². The number of carbonyl (C=O) groups excluding carboxylic acids is 2. The molecule has 1 aliphatic rings. The normalized spacial score (nSPS) is 19.3. The van der Waals surface area contributed by atoms with Crippen molar-refractivity contribution >= 4 is 29.1 Å². The third-order valence-electron chi connectivity index (χ3n) is 3.98. The third-order valence-corrected chi connectivity index (χ3v) is 4.23. The van der Waals surface area contributed by atoms with E-state index in [1.807, 2.05) is 6.92 Å². The first-order valence-corrected chi connectivity index (χ1v) is 7.92. The van der Waals surface area contributed by atoms with Crippen molar-refractivity contribution in [3.63, 3.8) is 0 Å². The molecule has 22 heavy (non-hydrogen) atoms. The van der Waals surface area contributed by atoms with E-state index in [4.69, 9.17) is 16.7 Å². The van der Waals surface area contributed by atoms with Crippen molar-refractivity contribution < 1.29 is 14.7 Å². The number of aliphatic hydroxyl groups excluding tert-OH is 1. The number of anilines is 1. The van der Waals surface area contributed by atoms with E-state index in [1.165, 1.54) is 0 Å². The van der Waals surface area contributed by atoms with Crippen LogP contribution in [-0.2, 0) is 9.59 Å². The molecule has 0 aromatic heterocycles. The summed E-state index contributed by atoms with van der Waals surface area (Å²) in [6.07, 6.45) is 1.74. The summed E-state index contributed by atoms with van der Waals surface area (Å²) in [5.74, 6) is -1.08. The van der Waals surface area contributed by atoms with Crippen molar-refractivity contribution in [2.75, 3.05) is 18.1 Å². The zero-order valence-electron chi connectivity index (χ0n) is 12.6. The predicted molar refractivity (Wildman–Crippen MR) is 85.8 cm³/mol. The Balaban J connectivity index is 2.01. The van der Waals surface area contributed by atoms with Crippen molar-refractivity contribution in [1.82, 2.24) is 5.32 Å². The van der Waals surface area contributed by atoms with E-state index < -0.39 is 5.92 Å². The number of benzene rings is 1. The molecule has 1 heterocycles. The van der Waals surface area contributed by atoms with Crippen LogP contribution in [0.1, 0.15) is 26.2 Å². The lowest BCUT2D eigenvalue weighted by atomic mass is 10.1. The average molecular weight is 325 g/mol. The second-order valence-corrected chi connectivity index (χ2v) is 5.87. The molecule has 1 aromatic carbocycles. The molecule has 2 amide bonds. The van der Waals surface area contributed by atoms with Crippen molar-refractivity contribution in [1.29, 1.82) is 0 Å². The van der Waals surface area contributed by atoms with Gasteiger partial charge in [0, 0.05) is 29.9 Å². The van der Waals surface area contributed by atoms with E-state index >= 15 is 0 Å². The maximum Gasteiger partial charge on any atom is 0.239 e. The summed E-state index contributed by atoms with van der Waals surface area (Å²) in [5.41, 5.74) is 0.757. The smallest absolute Gasteiger partial charge is 0.239 e. The Labute approximate surface area is 135 Å². The summed E-state index contributed by atoms with van der Waals surface area (Å²) < 4.78 is 0. The van der Waals surface area contributed by atoms with Crippen LogP contribution in [-0.4, -0.2) is 36.1 Å². The molecule has 2 unspecified atom stereocenters. The molecule has 2 rings (SSSR count). The molecule has 6 heteroatoms. The van der Waals surface area contributed by atoms with Crippen molar-refractivity contribution in [2.24, 2.45) is 5.92 Å². The van der Waals surface area contributed by atoms with E-state index in [0.29, 0.717) is 24.4 Å². The van der Waals surface area contributed by atoms with Crippen LogP contribution < -0.4 is 10.2 Å². The topological polar surface area (TPSA) is 69.6 Å². The highest BCUT2D eigenvalue weighted by atomic mass is 35.5. The maximum atomic E-state index is 12.4. The Morgan fingerprint density at radius 2 is 2.14 bits per heavy atom. The SMILES string of the molecule is CCC(CCO)NC(=O)C1CCN(c2ccc(Cl)cc2)C1=O. The molecular weight excluding hydrogens is 304 g/mol. The van der Waals surface area contributed by atoms with Gasteiger partial charge in [-0.15, -0.1) is 0 Å². The fourth-order valence-electron chi connectivity index (χ4n) is 2.64. The molecule has 0 bridgehead atoms. The number of halogens is 1. The Morgan fingerprint density at radius 1 is 1.45 bits per heavy atom. The van der Waals surface area contributed by atoms with Gasteiger partial charge in [-0.25, -0.2) is 0 Å². The quantitative estimate of drug-likeness (QED) is 0.786. The zero-order valence-corrected chi connectivity index (χ0v) is 13.3. The van der Waals surface area contributed by atoms with Gasteiger partial charge in [-0.3, -0.25) is 9.59 Å². The van der Waals surface area contributed by atoms with Gasteiger partial charge in [-0.2, -0.15) is 0 Å². The molecule has 1 aliphatic heterocycles. The molecule has 1 saturated heterocycles. The van der Waals surface area contributed by atoms with Crippen LogP contribution in [0.25, 0.3) is 0 Å². The number of hydrogen-bond acceptors (Lipinski definition) is 3. The van der Waals surface area contributed by atoms with Crippen LogP contribution in [0, 0.1) is 5.92 Å². The second-order valence-electron chi connectivity index (χ2n) is 5.43. The molecule has 1 aromatic rings. The van der Waals surface area contributed by atoms with Gasteiger partial charge in [0.05, 0.1) is 0 Å². The minimum absolute atomic E-state index is 0.0221. The highest BCUT2D eigenvalue weighted by Crippen LogP contribution is 2.26. The molecule has 2 N–H and O–H groups in total. The van der Waals surface area contributed by atoms with E-state index in [2.05, 4.69) is 5.32 Å². The van der Waals surface area contributed by atoms with Crippen molar-refractivity contribution in [3.05, 3.63) is 29.3 Å². The van der Waals surface area contributed by atoms with Gasteiger partial charge in [0.2, 0.25) is 11.8 Å². The Morgan fingerprint density at radius 3 is 2.73 bits per heavy atom. The largest absolute Gasteiger partial charge is 0.396 e. The number of nitrogens with one attached hydrogen (secondary N) is 1. The van der Waals surface area contributed by atoms with Crippen LogP contribution in [0.3, 0.4) is 0 Å². The molecular formula is C16H21ClN2O3. The summed E-state index contributed by atoms with van der Waals surface area (Å²) in [5, 5.41) is 12.4. The number of hydrogen-bond donors (Lipinski definition) is 2. The molecule has 0 saturated carbocycles. The van der Waals surface area contributed by atoms with Gasteiger partial charge in [-0.1, -0.05) is 18.5 Å². The predicted octanol–water partition coefficient (Wildman–Crippen LogP) is 1.97.